The lowest BCUT2D eigenvalue weighted by molar-refractivity contribution is -0.137. The number of carboxylic acid groups (broad SMARTS) is 1. The largest absolute Gasteiger partial charge is 0.465 e. The Kier molecular flexibility index (Phi) is 6.26. The van der Waals surface area contributed by atoms with Crippen LogP contribution in [0.4, 0.5) is 23.7 Å². The molecule has 1 fully saturated rings. The Morgan fingerprint density at radius 1 is 1.24 bits per heavy atom. The van der Waals surface area contributed by atoms with E-state index in [-0.39, 0.29) is 18.2 Å². The summed E-state index contributed by atoms with van der Waals surface area (Å²) in [5.41, 5.74) is 0.980. The van der Waals surface area contributed by atoms with Crippen molar-refractivity contribution in [3.63, 3.8) is 0 Å². The fourth-order valence-electron chi connectivity index (χ4n) is 4.25. The van der Waals surface area contributed by atoms with Gasteiger partial charge in [-0.05, 0) is 65.0 Å². The molecule has 4 rings (SSSR count). The van der Waals surface area contributed by atoms with E-state index >= 15 is 0 Å². The standard InChI is InChI=1S/C23H20BrF3N4O2/c24-20-13(10-28)4-6-16-18(11-29-21(16)20)17-9-14(5-7-19(17)23(25,26)27)30-15-3-1-2-8-31(12-15)22(32)33/h4-7,9,11,15,29-30H,1-3,8,12H2,(H,32,33). The number of amides is 1. The van der Waals surface area contributed by atoms with Crippen molar-refractivity contribution in [1.82, 2.24) is 9.88 Å². The molecular formula is C23H20BrF3N4O2. The van der Waals surface area contributed by atoms with Crippen LogP contribution in [0.3, 0.4) is 0 Å². The van der Waals surface area contributed by atoms with Crippen LogP contribution in [0.1, 0.15) is 30.4 Å². The van der Waals surface area contributed by atoms with Gasteiger partial charge in [0.2, 0.25) is 0 Å². The molecule has 1 saturated heterocycles. The smallest absolute Gasteiger partial charge is 0.417 e. The summed E-state index contributed by atoms with van der Waals surface area (Å²) in [5, 5.41) is 22.4. The number of nitrogens with zero attached hydrogens (tertiary/aromatic N) is 2. The first-order valence-electron chi connectivity index (χ1n) is 10.3. The number of aromatic amines is 1. The van der Waals surface area contributed by atoms with Gasteiger partial charge in [0.25, 0.3) is 0 Å². The Labute approximate surface area is 196 Å². The fourth-order valence-corrected chi connectivity index (χ4v) is 4.80. The number of halogens is 4. The van der Waals surface area contributed by atoms with Crippen molar-refractivity contribution in [2.75, 3.05) is 18.4 Å². The molecule has 3 N–H and O–H groups in total. The second-order valence-corrected chi connectivity index (χ2v) is 8.78. The highest BCUT2D eigenvalue weighted by Gasteiger charge is 2.34. The predicted octanol–water partition coefficient (Wildman–Crippen LogP) is 6.43. The van der Waals surface area contributed by atoms with Crippen molar-refractivity contribution in [3.05, 3.63) is 52.1 Å². The molecule has 3 aromatic rings. The first kappa shape index (κ1) is 23.0. The second-order valence-electron chi connectivity index (χ2n) is 7.99. The zero-order chi connectivity index (χ0) is 23.8. The number of likely N-dealkylation sites (tertiary alicyclic amines) is 1. The third-order valence-corrected chi connectivity index (χ3v) is 6.66. The number of fused-ring (bicyclic) bond motifs is 1. The maximum absolute atomic E-state index is 13.9. The summed E-state index contributed by atoms with van der Waals surface area (Å²) >= 11 is 3.35. The van der Waals surface area contributed by atoms with Crippen LogP contribution in [-0.2, 0) is 6.18 Å². The molecule has 0 spiro atoms. The average Bonchev–Trinajstić information content (AvgIpc) is 3.06. The van der Waals surface area contributed by atoms with Gasteiger partial charge in [0.05, 0.1) is 21.1 Å². The molecule has 2 heterocycles. The minimum Gasteiger partial charge on any atom is -0.465 e. The number of nitrogens with one attached hydrogen (secondary N) is 2. The third kappa shape index (κ3) is 4.64. The maximum Gasteiger partial charge on any atom is 0.417 e. The van der Waals surface area contributed by atoms with Crippen LogP contribution < -0.4 is 5.32 Å². The van der Waals surface area contributed by atoms with Crippen molar-refractivity contribution >= 4 is 38.6 Å². The number of hydrogen-bond acceptors (Lipinski definition) is 3. The Balaban J connectivity index is 1.76. The number of benzene rings is 2. The lowest BCUT2D eigenvalue weighted by atomic mass is 9.97. The number of aromatic nitrogens is 1. The monoisotopic (exact) mass is 520 g/mol. The molecule has 1 aliphatic rings. The van der Waals surface area contributed by atoms with Crippen LogP contribution in [-0.4, -0.2) is 40.2 Å². The van der Waals surface area contributed by atoms with Gasteiger partial charge in [-0.1, -0.05) is 6.07 Å². The minimum absolute atomic E-state index is 0.000861. The number of H-pyrrole nitrogens is 1. The average molecular weight is 521 g/mol. The molecule has 1 aliphatic heterocycles. The molecule has 0 radical (unpaired) electrons. The Morgan fingerprint density at radius 2 is 2.03 bits per heavy atom. The molecule has 0 bridgehead atoms. The topological polar surface area (TPSA) is 92.2 Å². The molecule has 1 atom stereocenters. The molecular weight excluding hydrogens is 501 g/mol. The van der Waals surface area contributed by atoms with Gasteiger partial charge >= 0.3 is 12.3 Å². The molecule has 6 nitrogen and oxygen atoms in total. The highest BCUT2D eigenvalue weighted by molar-refractivity contribution is 9.10. The normalized spacial score (nSPS) is 16.9. The molecule has 33 heavy (non-hydrogen) atoms. The van der Waals surface area contributed by atoms with E-state index in [9.17, 15) is 28.3 Å². The quantitative estimate of drug-likeness (QED) is 0.370. The first-order valence-corrected chi connectivity index (χ1v) is 11.1. The maximum atomic E-state index is 13.9. The molecule has 1 aromatic heterocycles. The van der Waals surface area contributed by atoms with Crippen LogP contribution in [0.2, 0.25) is 0 Å². The van der Waals surface area contributed by atoms with Gasteiger partial charge in [-0.3, -0.25) is 0 Å². The van der Waals surface area contributed by atoms with Crippen molar-refractivity contribution in [1.29, 1.82) is 5.26 Å². The second kappa shape index (κ2) is 8.98. The van der Waals surface area contributed by atoms with Crippen LogP contribution >= 0.6 is 15.9 Å². The number of hydrogen-bond donors (Lipinski definition) is 3. The number of nitriles is 1. The van der Waals surface area contributed by atoms with Crippen LogP contribution in [0.5, 0.6) is 0 Å². The van der Waals surface area contributed by atoms with Crippen LogP contribution in [0.15, 0.2) is 41.0 Å². The Hall–Kier alpha value is -3.19. The lowest BCUT2D eigenvalue weighted by Gasteiger charge is -2.24. The van der Waals surface area contributed by atoms with E-state index in [1.54, 1.807) is 12.1 Å². The summed E-state index contributed by atoms with van der Waals surface area (Å²) < 4.78 is 42.1. The van der Waals surface area contributed by atoms with Gasteiger partial charge in [0, 0.05) is 42.0 Å². The minimum atomic E-state index is -4.57. The highest BCUT2D eigenvalue weighted by atomic mass is 79.9. The van der Waals surface area contributed by atoms with Crippen molar-refractivity contribution in [2.24, 2.45) is 0 Å². The number of carbonyl (C=O) groups is 1. The summed E-state index contributed by atoms with van der Waals surface area (Å²) in [7, 11) is 0. The fraction of sp³-hybridized carbons (Fsp3) is 0.304. The third-order valence-electron chi connectivity index (χ3n) is 5.84. The van der Waals surface area contributed by atoms with Gasteiger partial charge in [0.1, 0.15) is 6.07 Å². The van der Waals surface area contributed by atoms with Crippen molar-refractivity contribution < 1.29 is 23.1 Å². The summed E-state index contributed by atoms with van der Waals surface area (Å²) in [6.07, 6.45) is -1.77. The summed E-state index contributed by atoms with van der Waals surface area (Å²) in [6, 6.07) is 8.89. The number of alkyl halides is 3. The van der Waals surface area contributed by atoms with Gasteiger partial charge in [-0.2, -0.15) is 18.4 Å². The summed E-state index contributed by atoms with van der Waals surface area (Å²) in [5.74, 6) is 0. The van der Waals surface area contributed by atoms with Crippen LogP contribution in [0, 0.1) is 11.3 Å². The van der Waals surface area contributed by atoms with E-state index < -0.39 is 17.8 Å². The number of anilines is 1. The van der Waals surface area contributed by atoms with E-state index in [0.29, 0.717) is 38.7 Å². The summed E-state index contributed by atoms with van der Waals surface area (Å²) in [6.45, 7) is 0.712. The van der Waals surface area contributed by atoms with Crippen molar-refractivity contribution in [3.8, 4) is 17.2 Å². The molecule has 172 valence electrons. The Morgan fingerprint density at radius 3 is 2.73 bits per heavy atom. The summed E-state index contributed by atoms with van der Waals surface area (Å²) in [4.78, 5) is 15.7. The predicted molar refractivity (Wildman–Crippen MR) is 122 cm³/mol. The van der Waals surface area contributed by atoms with Gasteiger partial charge in [-0.15, -0.1) is 0 Å². The zero-order valence-electron chi connectivity index (χ0n) is 17.3. The van der Waals surface area contributed by atoms with E-state index in [4.69, 9.17) is 0 Å². The first-order chi connectivity index (χ1) is 15.7. The molecule has 1 amide bonds. The zero-order valence-corrected chi connectivity index (χ0v) is 18.9. The van der Waals surface area contributed by atoms with Gasteiger partial charge < -0.3 is 20.3 Å². The van der Waals surface area contributed by atoms with Gasteiger partial charge in [-0.25, -0.2) is 4.79 Å². The van der Waals surface area contributed by atoms with Crippen LogP contribution in [0.25, 0.3) is 22.0 Å². The van der Waals surface area contributed by atoms with E-state index in [2.05, 4.69) is 26.2 Å². The molecule has 2 aromatic carbocycles. The van der Waals surface area contributed by atoms with E-state index in [0.717, 1.165) is 25.3 Å². The molecule has 0 aliphatic carbocycles. The number of rotatable bonds is 3. The van der Waals surface area contributed by atoms with E-state index in [1.165, 1.54) is 23.2 Å². The van der Waals surface area contributed by atoms with Gasteiger partial charge in [0.15, 0.2) is 0 Å². The lowest BCUT2D eigenvalue weighted by Crippen LogP contribution is -2.38. The molecule has 10 heteroatoms. The van der Waals surface area contributed by atoms with E-state index in [1.807, 2.05) is 6.07 Å². The highest BCUT2D eigenvalue weighted by Crippen LogP contribution is 2.42. The van der Waals surface area contributed by atoms with Crippen molar-refractivity contribution in [2.45, 2.75) is 31.5 Å². The molecule has 0 saturated carbocycles. The SMILES string of the molecule is N#Cc1ccc2c(-c3cc(NC4CCCCN(C(=O)O)C4)ccc3C(F)(F)F)c[nH]c2c1Br. The Bertz CT molecular complexity index is 1250. The molecule has 1 unspecified atom stereocenters.